The van der Waals surface area contributed by atoms with Crippen molar-refractivity contribution in [3.63, 3.8) is 0 Å². The molecule has 0 aliphatic carbocycles. The molecule has 0 aliphatic rings. The Hall–Kier alpha value is -1.32. The summed E-state index contributed by atoms with van der Waals surface area (Å²) in [7, 11) is 0. The van der Waals surface area contributed by atoms with Gasteiger partial charge in [0.1, 0.15) is 11.6 Å². The predicted molar refractivity (Wildman–Crippen MR) is 71.3 cm³/mol. The molecule has 0 unspecified atom stereocenters. The lowest BCUT2D eigenvalue weighted by Gasteiger charge is -2.05. The van der Waals surface area contributed by atoms with Crippen LogP contribution in [-0.2, 0) is 6.42 Å². The van der Waals surface area contributed by atoms with E-state index in [4.69, 9.17) is 28.9 Å². The van der Waals surface area contributed by atoms with E-state index in [1.165, 1.54) is 0 Å². The smallest absolute Gasteiger partial charge is 0.131 e. The Morgan fingerprint density at radius 1 is 1.06 bits per heavy atom. The van der Waals surface area contributed by atoms with Crippen LogP contribution in [0, 0.1) is 0 Å². The minimum Gasteiger partial charge on any atom is -0.384 e. The van der Waals surface area contributed by atoms with Crippen molar-refractivity contribution in [3.8, 4) is 11.3 Å². The van der Waals surface area contributed by atoms with Gasteiger partial charge in [-0.1, -0.05) is 30.1 Å². The van der Waals surface area contributed by atoms with Crippen LogP contribution in [0.3, 0.4) is 0 Å². The van der Waals surface area contributed by atoms with Crippen molar-refractivity contribution >= 4 is 29.0 Å². The molecular formula is C12H11Cl2N3. The van der Waals surface area contributed by atoms with Crippen molar-refractivity contribution in [1.82, 2.24) is 9.97 Å². The van der Waals surface area contributed by atoms with Gasteiger partial charge in [-0.05, 0) is 18.2 Å². The lowest BCUT2D eigenvalue weighted by molar-refractivity contribution is 0.949. The first kappa shape index (κ1) is 12.1. The summed E-state index contributed by atoms with van der Waals surface area (Å²) < 4.78 is 0. The molecule has 0 amide bonds. The second-order valence-corrected chi connectivity index (χ2v) is 4.48. The van der Waals surface area contributed by atoms with Crippen LogP contribution >= 0.6 is 23.2 Å². The fourth-order valence-electron chi connectivity index (χ4n) is 1.53. The summed E-state index contributed by atoms with van der Waals surface area (Å²) >= 11 is 11.9. The predicted octanol–water partition coefficient (Wildman–Crippen LogP) is 3.60. The monoisotopic (exact) mass is 267 g/mol. The molecule has 0 spiro atoms. The first-order valence-electron chi connectivity index (χ1n) is 5.18. The molecule has 5 heteroatoms. The fourth-order valence-corrected chi connectivity index (χ4v) is 2.05. The third-order valence-corrected chi connectivity index (χ3v) is 2.70. The van der Waals surface area contributed by atoms with Crippen LogP contribution in [0.1, 0.15) is 12.7 Å². The topological polar surface area (TPSA) is 51.8 Å². The van der Waals surface area contributed by atoms with Crippen molar-refractivity contribution < 1.29 is 0 Å². The van der Waals surface area contributed by atoms with E-state index >= 15 is 0 Å². The largest absolute Gasteiger partial charge is 0.384 e. The van der Waals surface area contributed by atoms with Gasteiger partial charge < -0.3 is 5.73 Å². The maximum Gasteiger partial charge on any atom is 0.131 e. The van der Waals surface area contributed by atoms with Gasteiger partial charge >= 0.3 is 0 Å². The zero-order valence-corrected chi connectivity index (χ0v) is 10.8. The van der Waals surface area contributed by atoms with Gasteiger partial charge in [-0.3, -0.25) is 0 Å². The molecule has 17 heavy (non-hydrogen) atoms. The zero-order chi connectivity index (χ0) is 12.4. The average molecular weight is 268 g/mol. The Labute approximate surface area is 110 Å². The highest BCUT2D eigenvalue weighted by molar-refractivity contribution is 6.35. The van der Waals surface area contributed by atoms with E-state index in [9.17, 15) is 0 Å². The van der Waals surface area contributed by atoms with E-state index < -0.39 is 0 Å². The molecule has 0 atom stereocenters. The maximum atomic E-state index is 5.95. The van der Waals surface area contributed by atoms with Crippen molar-refractivity contribution in [2.45, 2.75) is 13.3 Å². The van der Waals surface area contributed by atoms with Crippen molar-refractivity contribution in [2.24, 2.45) is 0 Å². The van der Waals surface area contributed by atoms with Gasteiger partial charge in [0.05, 0.1) is 5.69 Å². The number of nitrogens with two attached hydrogens (primary N) is 1. The normalized spacial score (nSPS) is 10.5. The first-order valence-corrected chi connectivity index (χ1v) is 5.94. The van der Waals surface area contributed by atoms with Crippen molar-refractivity contribution in [1.29, 1.82) is 0 Å². The van der Waals surface area contributed by atoms with Crippen LogP contribution in [0.4, 0.5) is 5.82 Å². The number of hydrogen-bond donors (Lipinski definition) is 1. The highest BCUT2D eigenvalue weighted by Crippen LogP contribution is 2.26. The molecule has 3 nitrogen and oxygen atoms in total. The minimum absolute atomic E-state index is 0.447. The van der Waals surface area contributed by atoms with Crippen LogP contribution in [0.2, 0.25) is 10.0 Å². The summed E-state index contributed by atoms with van der Waals surface area (Å²) in [5.74, 6) is 1.15. The van der Waals surface area contributed by atoms with Gasteiger partial charge in [0.2, 0.25) is 0 Å². The number of halogens is 2. The van der Waals surface area contributed by atoms with Crippen molar-refractivity contribution in [2.75, 3.05) is 5.73 Å². The summed E-state index contributed by atoms with van der Waals surface area (Å²) in [6, 6.07) is 6.99. The number of nitrogens with zero attached hydrogens (tertiary/aromatic N) is 2. The molecule has 1 aromatic heterocycles. The molecule has 2 aromatic rings. The van der Waals surface area contributed by atoms with Gasteiger partial charge in [-0.25, -0.2) is 9.97 Å². The van der Waals surface area contributed by atoms with E-state index in [0.717, 1.165) is 17.7 Å². The summed E-state index contributed by atoms with van der Waals surface area (Å²) in [5, 5.41) is 1.14. The number of benzene rings is 1. The molecule has 0 fully saturated rings. The SMILES string of the molecule is CCc1nc(N)cc(-c2cc(Cl)cc(Cl)c2)n1. The van der Waals surface area contributed by atoms with E-state index in [0.29, 0.717) is 21.7 Å². The molecule has 0 saturated carbocycles. The van der Waals surface area contributed by atoms with Gasteiger partial charge in [0, 0.05) is 28.1 Å². The number of aromatic nitrogens is 2. The van der Waals surface area contributed by atoms with E-state index in [1.807, 2.05) is 6.92 Å². The molecule has 1 aromatic carbocycles. The lowest BCUT2D eigenvalue weighted by Crippen LogP contribution is -2.00. The van der Waals surface area contributed by atoms with E-state index in [2.05, 4.69) is 9.97 Å². The van der Waals surface area contributed by atoms with E-state index in [-0.39, 0.29) is 0 Å². The Morgan fingerprint density at radius 2 is 1.71 bits per heavy atom. The Balaban J connectivity index is 2.55. The molecule has 0 bridgehead atoms. The molecule has 2 N–H and O–H groups in total. The van der Waals surface area contributed by atoms with E-state index in [1.54, 1.807) is 24.3 Å². The van der Waals surface area contributed by atoms with Gasteiger partial charge in [-0.15, -0.1) is 0 Å². The summed E-state index contributed by atoms with van der Waals surface area (Å²) in [5.41, 5.74) is 7.31. The van der Waals surface area contributed by atoms with Gasteiger partial charge in [-0.2, -0.15) is 0 Å². The number of anilines is 1. The van der Waals surface area contributed by atoms with Gasteiger partial charge in [0.15, 0.2) is 0 Å². The van der Waals surface area contributed by atoms with Crippen LogP contribution in [0.25, 0.3) is 11.3 Å². The highest BCUT2D eigenvalue weighted by atomic mass is 35.5. The third kappa shape index (κ3) is 2.87. The van der Waals surface area contributed by atoms with Crippen molar-refractivity contribution in [3.05, 3.63) is 40.1 Å². The molecule has 0 aliphatic heterocycles. The second kappa shape index (κ2) is 4.90. The second-order valence-electron chi connectivity index (χ2n) is 3.61. The Bertz CT molecular complexity index is 535. The highest BCUT2D eigenvalue weighted by Gasteiger charge is 2.06. The van der Waals surface area contributed by atoms with Crippen LogP contribution in [-0.4, -0.2) is 9.97 Å². The number of hydrogen-bond acceptors (Lipinski definition) is 3. The Morgan fingerprint density at radius 3 is 2.29 bits per heavy atom. The van der Waals surface area contributed by atoms with Crippen LogP contribution in [0.15, 0.2) is 24.3 Å². The molecular weight excluding hydrogens is 257 g/mol. The minimum atomic E-state index is 0.447. The third-order valence-electron chi connectivity index (χ3n) is 2.27. The number of nitrogen functional groups attached to an aromatic ring is 1. The molecule has 0 radical (unpaired) electrons. The number of rotatable bonds is 2. The fraction of sp³-hybridized carbons (Fsp3) is 0.167. The molecule has 2 rings (SSSR count). The zero-order valence-electron chi connectivity index (χ0n) is 9.24. The number of aryl methyl sites for hydroxylation is 1. The lowest BCUT2D eigenvalue weighted by atomic mass is 10.1. The summed E-state index contributed by atoms with van der Waals surface area (Å²) in [6.07, 6.45) is 0.729. The van der Waals surface area contributed by atoms with Crippen LogP contribution in [0.5, 0.6) is 0 Å². The average Bonchev–Trinajstić information content (AvgIpc) is 2.26. The molecule has 1 heterocycles. The maximum absolute atomic E-state index is 5.95. The Kier molecular flexibility index (Phi) is 3.50. The van der Waals surface area contributed by atoms with Crippen LogP contribution < -0.4 is 5.73 Å². The molecule has 0 saturated heterocycles. The molecule has 88 valence electrons. The first-order chi connectivity index (χ1) is 8.08. The standard InChI is InChI=1S/C12H11Cl2N3/c1-2-12-16-10(6-11(15)17-12)7-3-8(13)5-9(14)4-7/h3-6H,2H2,1H3,(H2,15,16,17). The van der Waals surface area contributed by atoms with Gasteiger partial charge in [0.25, 0.3) is 0 Å². The summed E-state index contributed by atoms with van der Waals surface area (Å²) in [6.45, 7) is 1.98. The summed E-state index contributed by atoms with van der Waals surface area (Å²) in [4.78, 5) is 8.52. The quantitative estimate of drug-likeness (QED) is 0.905.